The summed E-state index contributed by atoms with van der Waals surface area (Å²) in [5.41, 5.74) is 1.38. The molecule has 0 fully saturated rings. The number of rotatable bonds is 8. The van der Waals surface area contributed by atoms with Crippen LogP contribution in [0.4, 0.5) is 0 Å². The number of carbonyl (C=O) groups excluding carboxylic acids is 1. The molecular formula is C16H26N2O. The number of carbonyl (C=O) groups is 1. The molecule has 1 atom stereocenters. The first-order valence-corrected chi connectivity index (χ1v) is 7.14. The molecule has 1 aromatic rings. The van der Waals surface area contributed by atoms with Gasteiger partial charge in [-0.1, -0.05) is 44.2 Å². The molecule has 1 aromatic carbocycles. The zero-order valence-electron chi connectivity index (χ0n) is 12.3. The largest absolute Gasteiger partial charge is 0.355 e. The van der Waals surface area contributed by atoms with E-state index in [1.165, 1.54) is 5.56 Å². The summed E-state index contributed by atoms with van der Waals surface area (Å²) < 4.78 is 0. The number of amides is 1. The summed E-state index contributed by atoms with van der Waals surface area (Å²) in [7, 11) is 0. The van der Waals surface area contributed by atoms with Crippen molar-refractivity contribution < 1.29 is 4.79 Å². The Bertz CT molecular complexity index is 362. The highest BCUT2D eigenvalue weighted by Gasteiger charge is 2.06. The number of aryl methyl sites for hydroxylation is 1. The minimum absolute atomic E-state index is 0.0653. The third-order valence-electron chi connectivity index (χ3n) is 3.15. The summed E-state index contributed by atoms with van der Waals surface area (Å²) in [5.74, 6) is 0.189. The number of benzene rings is 1. The molecule has 106 valence electrons. The van der Waals surface area contributed by atoms with Gasteiger partial charge in [0, 0.05) is 25.0 Å². The molecule has 1 amide bonds. The number of hydrogen-bond acceptors (Lipinski definition) is 2. The summed E-state index contributed by atoms with van der Waals surface area (Å²) >= 11 is 0. The maximum atomic E-state index is 11.4. The minimum Gasteiger partial charge on any atom is -0.355 e. The van der Waals surface area contributed by atoms with Crippen LogP contribution < -0.4 is 10.6 Å². The fraction of sp³-hybridized carbons (Fsp3) is 0.562. The summed E-state index contributed by atoms with van der Waals surface area (Å²) in [5, 5.41) is 6.34. The van der Waals surface area contributed by atoms with Crippen molar-refractivity contribution in [3.63, 3.8) is 0 Å². The molecule has 2 N–H and O–H groups in total. The predicted molar refractivity (Wildman–Crippen MR) is 80.1 cm³/mol. The van der Waals surface area contributed by atoms with E-state index in [9.17, 15) is 4.79 Å². The van der Waals surface area contributed by atoms with E-state index in [4.69, 9.17) is 0 Å². The average molecular weight is 262 g/mol. The van der Waals surface area contributed by atoms with Crippen molar-refractivity contribution in [2.75, 3.05) is 13.1 Å². The normalized spacial score (nSPS) is 12.4. The second-order valence-corrected chi connectivity index (χ2v) is 5.33. The summed E-state index contributed by atoms with van der Waals surface area (Å²) in [6.07, 6.45) is 2.20. The van der Waals surface area contributed by atoms with Crippen molar-refractivity contribution in [2.45, 2.75) is 39.7 Å². The highest BCUT2D eigenvalue weighted by Crippen LogP contribution is 2.04. The molecule has 3 nitrogen and oxygen atoms in total. The van der Waals surface area contributed by atoms with Crippen LogP contribution in [0.25, 0.3) is 0 Å². The van der Waals surface area contributed by atoms with Crippen LogP contribution in [-0.4, -0.2) is 25.0 Å². The van der Waals surface area contributed by atoms with E-state index in [-0.39, 0.29) is 11.8 Å². The van der Waals surface area contributed by atoms with Crippen molar-refractivity contribution in [3.8, 4) is 0 Å². The van der Waals surface area contributed by atoms with E-state index < -0.39 is 0 Å². The molecule has 3 heteroatoms. The molecule has 0 aliphatic carbocycles. The topological polar surface area (TPSA) is 41.1 Å². The van der Waals surface area contributed by atoms with Crippen LogP contribution in [0.2, 0.25) is 0 Å². The highest BCUT2D eigenvalue weighted by molar-refractivity contribution is 5.77. The maximum absolute atomic E-state index is 11.4. The van der Waals surface area contributed by atoms with E-state index in [0.717, 1.165) is 19.4 Å². The minimum atomic E-state index is 0.0653. The summed E-state index contributed by atoms with van der Waals surface area (Å²) in [6, 6.07) is 11.0. The molecule has 0 aliphatic heterocycles. The molecule has 1 rings (SSSR count). The Labute approximate surface area is 116 Å². The first-order valence-electron chi connectivity index (χ1n) is 7.14. The standard InChI is InChI=1S/C16H26N2O/c1-13(2)16(19)18-12-11-17-14(3)9-10-15-7-5-4-6-8-15/h4-8,13-14,17H,9-12H2,1-3H3,(H,18,19). The molecule has 0 heterocycles. The van der Waals surface area contributed by atoms with Gasteiger partial charge in [0.15, 0.2) is 0 Å². The Morgan fingerprint density at radius 1 is 1.11 bits per heavy atom. The van der Waals surface area contributed by atoms with Crippen molar-refractivity contribution in [1.29, 1.82) is 0 Å². The number of hydrogen-bond donors (Lipinski definition) is 2. The van der Waals surface area contributed by atoms with Gasteiger partial charge in [-0.05, 0) is 25.3 Å². The van der Waals surface area contributed by atoms with E-state index in [0.29, 0.717) is 12.6 Å². The SMILES string of the molecule is CC(CCc1ccccc1)NCCNC(=O)C(C)C. The van der Waals surface area contributed by atoms with Gasteiger partial charge < -0.3 is 10.6 Å². The molecule has 0 saturated carbocycles. The molecule has 0 radical (unpaired) electrons. The van der Waals surface area contributed by atoms with Gasteiger partial charge in [-0.2, -0.15) is 0 Å². The van der Waals surface area contributed by atoms with Crippen LogP contribution >= 0.6 is 0 Å². The Kier molecular flexibility index (Phi) is 7.19. The lowest BCUT2D eigenvalue weighted by Gasteiger charge is -2.14. The lowest BCUT2D eigenvalue weighted by Crippen LogP contribution is -2.37. The molecule has 0 aliphatic rings. The van der Waals surface area contributed by atoms with Crippen LogP contribution in [0, 0.1) is 5.92 Å². The second-order valence-electron chi connectivity index (χ2n) is 5.33. The monoisotopic (exact) mass is 262 g/mol. The molecule has 0 saturated heterocycles. The van der Waals surface area contributed by atoms with E-state index >= 15 is 0 Å². The first kappa shape index (κ1) is 15.7. The first-order chi connectivity index (χ1) is 9.09. The Hall–Kier alpha value is -1.35. The van der Waals surface area contributed by atoms with Crippen LogP contribution in [0.1, 0.15) is 32.8 Å². The number of nitrogens with one attached hydrogen (secondary N) is 2. The zero-order chi connectivity index (χ0) is 14.1. The Balaban J connectivity index is 2.08. The van der Waals surface area contributed by atoms with Gasteiger partial charge in [0.2, 0.25) is 5.91 Å². The van der Waals surface area contributed by atoms with Gasteiger partial charge in [0.1, 0.15) is 0 Å². The molecular weight excluding hydrogens is 236 g/mol. The Morgan fingerprint density at radius 3 is 2.42 bits per heavy atom. The van der Waals surface area contributed by atoms with E-state index in [1.54, 1.807) is 0 Å². The van der Waals surface area contributed by atoms with Crippen LogP contribution in [0.5, 0.6) is 0 Å². The van der Waals surface area contributed by atoms with Gasteiger partial charge in [-0.25, -0.2) is 0 Å². The van der Waals surface area contributed by atoms with Crippen LogP contribution in [0.15, 0.2) is 30.3 Å². The molecule has 1 unspecified atom stereocenters. The van der Waals surface area contributed by atoms with Gasteiger partial charge in [-0.3, -0.25) is 4.79 Å². The fourth-order valence-corrected chi connectivity index (χ4v) is 1.84. The van der Waals surface area contributed by atoms with Gasteiger partial charge >= 0.3 is 0 Å². The van der Waals surface area contributed by atoms with E-state index in [1.807, 2.05) is 19.9 Å². The smallest absolute Gasteiger partial charge is 0.222 e. The quantitative estimate of drug-likeness (QED) is 0.706. The second kappa shape index (κ2) is 8.70. The van der Waals surface area contributed by atoms with Crippen molar-refractivity contribution >= 4 is 5.91 Å². The van der Waals surface area contributed by atoms with Gasteiger partial charge in [0.05, 0.1) is 0 Å². The zero-order valence-corrected chi connectivity index (χ0v) is 12.3. The fourth-order valence-electron chi connectivity index (χ4n) is 1.84. The Morgan fingerprint density at radius 2 is 1.79 bits per heavy atom. The lowest BCUT2D eigenvalue weighted by atomic mass is 10.1. The highest BCUT2D eigenvalue weighted by atomic mass is 16.1. The molecule has 0 spiro atoms. The third-order valence-corrected chi connectivity index (χ3v) is 3.15. The third kappa shape index (κ3) is 6.97. The maximum Gasteiger partial charge on any atom is 0.222 e. The lowest BCUT2D eigenvalue weighted by molar-refractivity contribution is -0.123. The van der Waals surface area contributed by atoms with Crippen molar-refractivity contribution in [1.82, 2.24) is 10.6 Å². The van der Waals surface area contributed by atoms with Crippen LogP contribution in [-0.2, 0) is 11.2 Å². The molecule has 0 bridgehead atoms. The van der Waals surface area contributed by atoms with Crippen molar-refractivity contribution in [2.24, 2.45) is 5.92 Å². The summed E-state index contributed by atoms with van der Waals surface area (Å²) in [6.45, 7) is 7.53. The molecule has 0 aromatic heterocycles. The van der Waals surface area contributed by atoms with Crippen LogP contribution in [0.3, 0.4) is 0 Å². The summed E-state index contributed by atoms with van der Waals surface area (Å²) in [4.78, 5) is 11.4. The predicted octanol–water partition coefficient (Wildman–Crippen LogP) is 2.37. The molecule has 19 heavy (non-hydrogen) atoms. The average Bonchev–Trinajstić information content (AvgIpc) is 2.42. The van der Waals surface area contributed by atoms with Crippen molar-refractivity contribution in [3.05, 3.63) is 35.9 Å². The van der Waals surface area contributed by atoms with E-state index in [2.05, 4.69) is 41.8 Å². The van der Waals surface area contributed by atoms with Gasteiger partial charge in [0.25, 0.3) is 0 Å². The van der Waals surface area contributed by atoms with Gasteiger partial charge in [-0.15, -0.1) is 0 Å².